The summed E-state index contributed by atoms with van der Waals surface area (Å²) in [6.45, 7) is 0. The van der Waals surface area contributed by atoms with Gasteiger partial charge in [0.25, 0.3) is 0 Å². The van der Waals surface area contributed by atoms with Crippen molar-refractivity contribution in [2.24, 2.45) is 5.92 Å². The van der Waals surface area contributed by atoms with Gasteiger partial charge in [0, 0.05) is 5.92 Å². The summed E-state index contributed by atoms with van der Waals surface area (Å²) in [5, 5.41) is 0. The number of hydrogen-bond donors (Lipinski definition) is 0. The molecule has 1 aromatic rings. The Morgan fingerprint density at radius 2 is 1.73 bits per heavy atom. The van der Waals surface area contributed by atoms with Gasteiger partial charge in [0.1, 0.15) is 12.0 Å². The predicted molar refractivity (Wildman–Crippen MR) is 58.9 cm³/mol. The molecule has 0 unspecified atom stereocenters. The van der Waals surface area contributed by atoms with Crippen molar-refractivity contribution >= 4 is 6.29 Å². The molecule has 1 aliphatic rings. The molecule has 0 aliphatic heterocycles. The van der Waals surface area contributed by atoms with E-state index in [1.54, 1.807) is 0 Å². The molecule has 1 aromatic carbocycles. The number of carbonyl (C=O) groups is 1. The van der Waals surface area contributed by atoms with E-state index in [0.29, 0.717) is 6.10 Å². The van der Waals surface area contributed by atoms with Crippen molar-refractivity contribution in [2.45, 2.75) is 31.8 Å². The van der Waals surface area contributed by atoms with Gasteiger partial charge in [-0.3, -0.25) is 0 Å². The molecule has 80 valence electrons. The number of ether oxygens (including phenoxy) is 1. The number of carbonyl (C=O) groups excluding carboxylic acids is 1. The van der Waals surface area contributed by atoms with E-state index in [1.165, 1.54) is 0 Å². The van der Waals surface area contributed by atoms with E-state index >= 15 is 0 Å². The number of benzene rings is 1. The maximum Gasteiger partial charge on any atom is 0.123 e. The second kappa shape index (κ2) is 4.96. The van der Waals surface area contributed by atoms with Crippen LogP contribution < -0.4 is 4.74 Å². The molecule has 0 bridgehead atoms. The fourth-order valence-corrected chi connectivity index (χ4v) is 2.03. The molecule has 2 rings (SSSR count). The highest BCUT2D eigenvalue weighted by atomic mass is 16.5. The van der Waals surface area contributed by atoms with E-state index in [2.05, 4.69) is 0 Å². The molecule has 0 saturated heterocycles. The smallest absolute Gasteiger partial charge is 0.123 e. The minimum absolute atomic E-state index is 0.264. The average Bonchev–Trinajstić information content (AvgIpc) is 2.31. The molecular weight excluding hydrogens is 188 g/mol. The lowest BCUT2D eigenvalue weighted by Gasteiger charge is -2.26. The molecule has 0 N–H and O–H groups in total. The van der Waals surface area contributed by atoms with E-state index in [9.17, 15) is 4.79 Å². The Morgan fingerprint density at radius 3 is 2.33 bits per heavy atom. The Balaban J connectivity index is 1.85. The van der Waals surface area contributed by atoms with Gasteiger partial charge in [-0.25, -0.2) is 0 Å². The van der Waals surface area contributed by atoms with E-state index in [4.69, 9.17) is 4.74 Å². The summed E-state index contributed by atoms with van der Waals surface area (Å²) in [5.74, 6) is 1.20. The van der Waals surface area contributed by atoms with Gasteiger partial charge < -0.3 is 9.53 Å². The van der Waals surface area contributed by atoms with Crippen LogP contribution in [-0.2, 0) is 4.79 Å². The minimum atomic E-state index is 0.264. The van der Waals surface area contributed by atoms with Gasteiger partial charge in [0.15, 0.2) is 0 Å². The Kier molecular flexibility index (Phi) is 3.38. The molecule has 1 saturated carbocycles. The lowest BCUT2D eigenvalue weighted by molar-refractivity contribution is -0.112. The zero-order valence-electron chi connectivity index (χ0n) is 8.76. The summed E-state index contributed by atoms with van der Waals surface area (Å²) < 4.78 is 5.83. The van der Waals surface area contributed by atoms with Crippen LogP contribution in [0, 0.1) is 5.92 Å². The third-order valence-electron chi connectivity index (χ3n) is 2.96. The van der Waals surface area contributed by atoms with Crippen LogP contribution in [0.1, 0.15) is 25.7 Å². The summed E-state index contributed by atoms with van der Waals surface area (Å²) in [6, 6.07) is 9.90. The molecule has 1 aliphatic carbocycles. The van der Waals surface area contributed by atoms with Gasteiger partial charge >= 0.3 is 0 Å². The van der Waals surface area contributed by atoms with Gasteiger partial charge in [0.2, 0.25) is 0 Å². The van der Waals surface area contributed by atoms with Crippen LogP contribution in [0.3, 0.4) is 0 Å². The van der Waals surface area contributed by atoms with Gasteiger partial charge in [0.05, 0.1) is 6.10 Å². The summed E-state index contributed by atoms with van der Waals surface area (Å²) >= 11 is 0. The van der Waals surface area contributed by atoms with Crippen LogP contribution >= 0.6 is 0 Å². The fraction of sp³-hybridized carbons (Fsp3) is 0.462. The Hall–Kier alpha value is -1.31. The van der Waals surface area contributed by atoms with Crippen molar-refractivity contribution in [1.82, 2.24) is 0 Å². The first kappa shape index (κ1) is 10.2. The molecule has 0 amide bonds. The van der Waals surface area contributed by atoms with Gasteiger partial charge in [-0.05, 0) is 37.8 Å². The van der Waals surface area contributed by atoms with Crippen LogP contribution in [0.4, 0.5) is 0 Å². The maximum atomic E-state index is 10.6. The molecule has 0 heterocycles. The van der Waals surface area contributed by atoms with Crippen molar-refractivity contribution in [2.75, 3.05) is 0 Å². The van der Waals surface area contributed by atoms with E-state index in [-0.39, 0.29) is 5.92 Å². The van der Waals surface area contributed by atoms with Gasteiger partial charge in [-0.2, -0.15) is 0 Å². The van der Waals surface area contributed by atoms with Crippen molar-refractivity contribution in [1.29, 1.82) is 0 Å². The van der Waals surface area contributed by atoms with Gasteiger partial charge in [-0.15, -0.1) is 0 Å². The van der Waals surface area contributed by atoms with Crippen LogP contribution in [0.15, 0.2) is 30.3 Å². The molecule has 0 atom stereocenters. The summed E-state index contributed by atoms with van der Waals surface area (Å²) in [7, 11) is 0. The monoisotopic (exact) mass is 204 g/mol. The second-order valence-electron chi connectivity index (χ2n) is 4.10. The SMILES string of the molecule is O=C[C@H]1CC[C@H](Oc2ccccc2)CC1. The van der Waals surface area contributed by atoms with E-state index < -0.39 is 0 Å². The van der Waals surface area contributed by atoms with Crippen LogP contribution in [0.5, 0.6) is 5.75 Å². The summed E-state index contributed by atoms with van der Waals surface area (Å²) in [6.07, 6.45) is 5.32. The van der Waals surface area contributed by atoms with Crippen LogP contribution in [0.25, 0.3) is 0 Å². The topological polar surface area (TPSA) is 26.3 Å². The standard InChI is InChI=1S/C13H16O2/c14-10-11-6-8-13(9-7-11)15-12-4-2-1-3-5-12/h1-5,10-11,13H,6-9H2/t11-,13-. The molecule has 2 nitrogen and oxygen atoms in total. The third-order valence-corrected chi connectivity index (χ3v) is 2.96. The van der Waals surface area contributed by atoms with Crippen molar-refractivity contribution in [3.05, 3.63) is 30.3 Å². The number of para-hydroxylation sites is 1. The Bertz CT molecular complexity index is 300. The van der Waals surface area contributed by atoms with Crippen molar-refractivity contribution < 1.29 is 9.53 Å². The largest absolute Gasteiger partial charge is 0.490 e. The predicted octanol–water partition coefficient (Wildman–Crippen LogP) is 2.82. The quantitative estimate of drug-likeness (QED) is 0.708. The van der Waals surface area contributed by atoms with Crippen LogP contribution in [0.2, 0.25) is 0 Å². The molecule has 2 heteroatoms. The summed E-state index contributed by atoms with van der Waals surface area (Å²) in [5.41, 5.74) is 0. The van der Waals surface area contributed by atoms with Crippen LogP contribution in [-0.4, -0.2) is 12.4 Å². The van der Waals surface area contributed by atoms with Gasteiger partial charge in [-0.1, -0.05) is 18.2 Å². The van der Waals surface area contributed by atoms with Crippen molar-refractivity contribution in [3.63, 3.8) is 0 Å². The first-order chi connectivity index (χ1) is 7.38. The molecular formula is C13H16O2. The van der Waals surface area contributed by atoms with Crippen molar-refractivity contribution in [3.8, 4) is 5.75 Å². The highest BCUT2D eigenvalue weighted by Crippen LogP contribution is 2.26. The van der Waals surface area contributed by atoms with E-state index in [0.717, 1.165) is 37.7 Å². The molecule has 0 spiro atoms. The lowest BCUT2D eigenvalue weighted by Crippen LogP contribution is -2.24. The third kappa shape index (κ3) is 2.82. The normalized spacial score (nSPS) is 25.9. The lowest BCUT2D eigenvalue weighted by atomic mass is 9.88. The summed E-state index contributed by atoms with van der Waals surface area (Å²) in [4.78, 5) is 10.6. The second-order valence-corrected chi connectivity index (χ2v) is 4.10. The highest BCUT2D eigenvalue weighted by molar-refractivity contribution is 5.53. The Labute approximate surface area is 90.3 Å². The molecule has 1 fully saturated rings. The number of rotatable bonds is 3. The molecule has 0 radical (unpaired) electrons. The highest BCUT2D eigenvalue weighted by Gasteiger charge is 2.21. The number of hydrogen-bond acceptors (Lipinski definition) is 2. The average molecular weight is 204 g/mol. The minimum Gasteiger partial charge on any atom is -0.490 e. The molecule has 15 heavy (non-hydrogen) atoms. The first-order valence-electron chi connectivity index (χ1n) is 5.55. The number of aldehydes is 1. The van der Waals surface area contributed by atoms with E-state index in [1.807, 2.05) is 30.3 Å². The zero-order chi connectivity index (χ0) is 10.5. The zero-order valence-corrected chi connectivity index (χ0v) is 8.76. The maximum absolute atomic E-state index is 10.6. The fourth-order valence-electron chi connectivity index (χ4n) is 2.03. The first-order valence-corrected chi connectivity index (χ1v) is 5.55. The molecule has 0 aromatic heterocycles. The Morgan fingerprint density at radius 1 is 1.07 bits per heavy atom.